The van der Waals surface area contributed by atoms with Crippen LogP contribution >= 0.6 is 0 Å². The molecule has 0 radical (unpaired) electrons. The molecule has 3 heterocycles. The van der Waals surface area contributed by atoms with Gasteiger partial charge in [0.15, 0.2) is 0 Å². The number of alkyl halides is 1. The smallest absolute Gasteiger partial charge is 0.270 e. The first-order chi connectivity index (χ1) is 14.1. The summed E-state index contributed by atoms with van der Waals surface area (Å²) < 4.78 is 15.3. The third kappa shape index (κ3) is 3.32. The number of anilines is 1. The number of amides is 1. The van der Waals surface area contributed by atoms with Crippen molar-refractivity contribution in [1.82, 2.24) is 14.9 Å². The van der Waals surface area contributed by atoms with E-state index in [1.807, 2.05) is 0 Å². The summed E-state index contributed by atoms with van der Waals surface area (Å²) in [6, 6.07) is 8.37. The summed E-state index contributed by atoms with van der Waals surface area (Å²) in [7, 11) is 0. The molecule has 2 fully saturated rings. The highest BCUT2D eigenvalue weighted by molar-refractivity contribution is 5.94. The maximum Gasteiger partial charge on any atom is 0.270 e. The van der Waals surface area contributed by atoms with Gasteiger partial charge in [-0.3, -0.25) is 4.79 Å². The lowest BCUT2D eigenvalue weighted by molar-refractivity contribution is 0.000855. The second-order valence-corrected chi connectivity index (χ2v) is 9.00. The maximum atomic E-state index is 13.2. The number of imidazole rings is 1. The minimum Gasteiger partial charge on any atom is -0.370 e. The van der Waals surface area contributed by atoms with Gasteiger partial charge in [0.05, 0.1) is 5.69 Å². The zero-order chi connectivity index (χ0) is 20.0. The number of carbonyl (C=O) groups excluding carboxylic acids is 1. The van der Waals surface area contributed by atoms with E-state index in [4.69, 9.17) is 4.98 Å². The van der Waals surface area contributed by atoms with E-state index in [-0.39, 0.29) is 11.3 Å². The van der Waals surface area contributed by atoms with Crippen molar-refractivity contribution in [3.63, 3.8) is 0 Å². The van der Waals surface area contributed by atoms with Gasteiger partial charge in [-0.05, 0) is 49.8 Å². The van der Waals surface area contributed by atoms with Crippen molar-refractivity contribution in [2.24, 2.45) is 5.41 Å². The highest BCUT2D eigenvalue weighted by Gasteiger charge is 2.52. The number of benzene rings is 1. The van der Waals surface area contributed by atoms with Crippen LogP contribution in [0.4, 0.5) is 10.1 Å². The predicted octanol–water partition coefficient (Wildman–Crippen LogP) is 3.65. The maximum absolute atomic E-state index is 13.2. The van der Waals surface area contributed by atoms with Crippen LogP contribution in [-0.2, 0) is 25.9 Å². The molecule has 154 valence electrons. The first-order valence-corrected chi connectivity index (χ1v) is 10.9. The number of nitrogens with one attached hydrogen (secondary N) is 1. The van der Waals surface area contributed by atoms with Crippen LogP contribution in [0.15, 0.2) is 24.3 Å². The topological polar surface area (TPSA) is 50.2 Å². The molecule has 3 aliphatic rings. The summed E-state index contributed by atoms with van der Waals surface area (Å²) in [5, 5.41) is 3.08. The van der Waals surface area contributed by atoms with Gasteiger partial charge in [-0.15, -0.1) is 0 Å². The molecule has 1 N–H and O–H groups in total. The van der Waals surface area contributed by atoms with Crippen LogP contribution in [0.25, 0.3) is 0 Å². The fourth-order valence-electron chi connectivity index (χ4n) is 5.21. The normalized spacial score (nSPS) is 20.1. The molecule has 6 heteroatoms. The zero-order valence-corrected chi connectivity index (χ0v) is 17.1. The second-order valence-electron chi connectivity index (χ2n) is 9.00. The van der Waals surface area contributed by atoms with Crippen molar-refractivity contribution in [3.8, 4) is 0 Å². The fraction of sp³-hybridized carbons (Fsp3) is 0.565. The van der Waals surface area contributed by atoms with Gasteiger partial charge in [0.2, 0.25) is 0 Å². The minimum atomic E-state index is -0.585. The van der Waals surface area contributed by atoms with E-state index < -0.39 is 6.17 Å². The van der Waals surface area contributed by atoms with Crippen LogP contribution in [0.1, 0.15) is 60.2 Å². The fourth-order valence-corrected chi connectivity index (χ4v) is 5.21. The predicted molar refractivity (Wildman–Crippen MR) is 111 cm³/mol. The van der Waals surface area contributed by atoms with Gasteiger partial charge in [-0.2, -0.15) is 0 Å². The lowest BCUT2D eigenvalue weighted by Crippen LogP contribution is -2.63. The van der Waals surface area contributed by atoms with Crippen molar-refractivity contribution in [1.29, 1.82) is 0 Å². The molecule has 5 rings (SSSR count). The van der Waals surface area contributed by atoms with Crippen LogP contribution in [0.2, 0.25) is 0 Å². The number of rotatable bonds is 5. The summed E-state index contributed by atoms with van der Waals surface area (Å²) >= 11 is 0. The number of hydrogen-bond donors (Lipinski definition) is 1. The SMILES string of the molecule is CCc1nc2n(c1C(=O)NCc1ccc(N3CC4(CC(F)C4)C3)cc1)CCCC2. The molecular formula is C23H29FN4O. The Morgan fingerprint density at radius 2 is 2.00 bits per heavy atom. The molecule has 2 aliphatic heterocycles. The largest absolute Gasteiger partial charge is 0.370 e. The summed E-state index contributed by atoms with van der Waals surface area (Å²) in [4.78, 5) is 19.9. The Morgan fingerprint density at radius 1 is 1.24 bits per heavy atom. The van der Waals surface area contributed by atoms with Crippen molar-refractivity contribution in [3.05, 3.63) is 47.0 Å². The number of halogens is 1. The van der Waals surface area contributed by atoms with E-state index in [0.29, 0.717) is 6.54 Å². The monoisotopic (exact) mass is 396 g/mol. The van der Waals surface area contributed by atoms with Gasteiger partial charge in [0.1, 0.15) is 17.7 Å². The molecule has 1 saturated carbocycles. The van der Waals surface area contributed by atoms with Crippen LogP contribution in [0.3, 0.4) is 0 Å². The first kappa shape index (κ1) is 18.6. The number of aryl methyl sites for hydroxylation is 2. The van der Waals surface area contributed by atoms with Gasteiger partial charge in [0, 0.05) is 43.7 Å². The van der Waals surface area contributed by atoms with Gasteiger partial charge >= 0.3 is 0 Å². The lowest BCUT2D eigenvalue weighted by atomic mass is 9.62. The average molecular weight is 397 g/mol. The molecule has 1 aromatic heterocycles. The Balaban J connectivity index is 1.20. The Labute approximate surface area is 171 Å². The molecule has 0 bridgehead atoms. The number of nitrogens with zero attached hydrogens (tertiary/aromatic N) is 3. The number of carbonyl (C=O) groups is 1. The highest BCUT2D eigenvalue weighted by Crippen LogP contribution is 2.50. The number of fused-ring (bicyclic) bond motifs is 1. The van der Waals surface area contributed by atoms with Crippen LogP contribution in [0.5, 0.6) is 0 Å². The third-order valence-electron chi connectivity index (χ3n) is 6.82. The summed E-state index contributed by atoms with van der Waals surface area (Å²) in [6.45, 7) is 5.39. The minimum absolute atomic E-state index is 0.0259. The van der Waals surface area contributed by atoms with E-state index >= 15 is 0 Å². The van der Waals surface area contributed by atoms with Crippen molar-refractivity contribution in [2.45, 2.75) is 64.7 Å². The van der Waals surface area contributed by atoms with Gasteiger partial charge in [-0.1, -0.05) is 19.1 Å². The molecular weight excluding hydrogens is 367 g/mol. The van der Waals surface area contributed by atoms with Crippen molar-refractivity contribution >= 4 is 11.6 Å². The molecule has 1 spiro atoms. The molecule has 1 aliphatic carbocycles. The van der Waals surface area contributed by atoms with Gasteiger partial charge in [-0.25, -0.2) is 9.37 Å². The quantitative estimate of drug-likeness (QED) is 0.839. The molecule has 0 unspecified atom stereocenters. The summed E-state index contributed by atoms with van der Waals surface area (Å²) in [6.07, 6.45) is 4.87. The van der Waals surface area contributed by atoms with E-state index in [1.54, 1.807) is 0 Å². The van der Waals surface area contributed by atoms with Crippen molar-refractivity contribution < 1.29 is 9.18 Å². The van der Waals surface area contributed by atoms with Crippen LogP contribution in [-0.4, -0.2) is 34.7 Å². The Hall–Kier alpha value is -2.37. The Morgan fingerprint density at radius 3 is 2.69 bits per heavy atom. The second kappa shape index (κ2) is 7.15. The van der Waals surface area contributed by atoms with Crippen LogP contribution in [0, 0.1) is 5.41 Å². The standard InChI is InChI=1S/C23H29FN4O/c1-2-19-21(28-10-4-3-5-20(28)26-19)22(29)25-13-16-6-8-18(9-7-16)27-14-23(15-27)11-17(24)12-23/h6-9,17H,2-5,10-15H2,1H3,(H,25,29). The third-order valence-corrected chi connectivity index (χ3v) is 6.82. The molecule has 1 amide bonds. The first-order valence-electron chi connectivity index (χ1n) is 10.9. The van der Waals surface area contributed by atoms with E-state index in [1.165, 1.54) is 5.69 Å². The summed E-state index contributed by atoms with van der Waals surface area (Å²) in [5.74, 6) is 1.03. The molecule has 1 saturated heterocycles. The van der Waals surface area contributed by atoms with E-state index in [9.17, 15) is 9.18 Å². The van der Waals surface area contributed by atoms with E-state index in [2.05, 4.69) is 46.0 Å². The average Bonchev–Trinajstić information content (AvgIpc) is 3.07. The Kier molecular flexibility index (Phi) is 4.60. The highest BCUT2D eigenvalue weighted by atomic mass is 19.1. The van der Waals surface area contributed by atoms with Crippen molar-refractivity contribution in [2.75, 3.05) is 18.0 Å². The van der Waals surface area contributed by atoms with Gasteiger partial charge in [0.25, 0.3) is 5.91 Å². The molecule has 2 aromatic rings. The zero-order valence-electron chi connectivity index (χ0n) is 17.1. The number of hydrogen-bond acceptors (Lipinski definition) is 3. The number of aromatic nitrogens is 2. The van der Waals surface area contributed by atoms with E-state index in [0.717, 1.165) is 80.9 Å². The summed E-state index contributed by atoms with van der Waals surface area (Å²) in [5.41, 5.74) is 4.17. The molecule has 5 nitrogen and oxygen atoms in total. The molecule has 1 aromatic carbocycles. The lowest BCUT2D eigenvalue weighted by Gasteiger charge is -2.58. The van der Waals surface area contributed by atoms with Gasteiger partial charge < -0.3 is 14.8 Å². The van der Waals surface area contributed by atoms with Crippen LogP contribution < -0.4 is 10.2 Å². The Bertz CT molecular complexity index is 906. The molecule has 29 heavy (non-hydrogen) atoms. The molecule has 0 atom stereocenters.